The molecule has 1 rings (SSSR count). The van der Waals surface area contributed by atoms with Crippen LogP contribution in [0.15, 0.2) is 0 Å². The van der Waals surface area contributed by atoms with E-state index in [-0.39, 0.29) is 0 Å². The molecule has 0 radical (unpaired) electrons. The van der Waals surface area contributed by atoms with Crippen molar-refractivity contribution in [1.29, 1.82) is 0 Å². The van der Waals surface area contributed by atoms with Gasteiger partial charge < -0.3 is 15.0 Å². The molecule has 0 spiro atoms. The maximum absolute atomic E-state index is 5.00. The van der Waals surface area contributed by atoms with Gasteiger partial charge in [0.05, 0.1) is 0 Å². The van der Waals surface area contributed by atoms with Crippen molar-refractivity contribution in [2.75, 3.05) is 52.2 Å². The van der Waals surface area contributed by atoms with Crippen LogP contribution >= 0.6 is 11.8 Å². The molecule has 0 bridgehead atoms. The minimum Gasteiger partial charge on any atom is -0.385 e. The van der Waals surface area contributed by atoms with E-state index < -0.39 is 0 Å². The largest absolute Gasteiger partial charge is 0.385 e. The van der Waals surface area contributed by atoms with Gasteiger partial charge in [-0.2, -0.15) is 11.8 Å². The number of hydrogen-bond donors (Lipinski definition) is 1. The quantitative estimate of drug-likeness (QED) is 0.663. The first-order chi connectivity index (χ1) is 7.33. The molecule has 1 heterocycles. The zero-order valence-electron chi connectivity index (χ0n) is 10.00. The summed E-state index contributed by atoms with van der Waals surface area (Å²) in [6.45, 7) is 9.08. The Balaban J connectivity index is 1.90. The van der Waals surface area contributed by atoms with Gasteiger partial charge in [-0.15, -0.1) is 0 Å². The van der Waals surface area contributed by atoms with E-state index in [1.165, 1.54) is 25.4 Å². The molecule has 0 aromatic rings. The molecule has 3 nitrogen and oxygen atoms in total. The maximum Gasteiger partial charge on any atom is 0.0474 e. The fraction of sp³-hybridized carbons (Fsp3) is 1.00. The smallest absolute Gasteiger partial charge is 0.0474 e. The molecule has 1 fully saturated rings. The zero-order chi connectivity index (χ0) is 10.9. The van der Waals surface area contributed by atoms with E-state index in [1.54, 1.807) is 7.11 Å². The molecule has 1 N–H and O–H groups in total. The molecule has 1 atom stereocenters. The van der Waals surface area contributed by atoms with Gasteiger partial charge in [-0.1, -0.05) is 6.92 Å². The van der Waals surface area contributed by atoms with Crippen LogP contribution in [0, 0.1) is 0 Å². The highest BCUT2D eigenvalue weighted by atomic mass is 32.2. The zero-order valence-corrected chi connectivity index (χ0v) is 10.8. The number of hydrogen-bond acceptors (Lipinski definition) is 4. The molecule has 0 aromatic carbocycles. The average molecular weight is 232 g/mol. The third kappa shape index (κ3) is 6.40. The first kappa shape index (κ1) is 13.3. The fourth-order valence-corrected chi connectivity index (χ4v) is 2.88. The Morgan fingerprint density at radius 2 is 2.33 bits per heavy atom. The first-order valence-electron chi connectivity index (χ1n) is 5.86. The minimum atomic E-state index is 0.812. The van der Waals surface area contributed by atoms with E-state index in [4.69, 9.17) is 4.74 Å². The van der Waals surface area contributed by atoms with Gasteiger partial charge in [0.2, 0.25) is 0 Å². The lowest BCUT2D eigenvalue weighted by Crippen LogP contribution is -2.40. The minimum absolute atomic E-state index is 0.812. The molecule has 0 saturated carbocycles. The Bertz CT molecular complexity index is 158. The van der Waals surface area contributed by atoms with Crippen LogP contribution in [0.4, 0.5) is 0 Å². The summed E-state index contributed by atoms with van der Waals surface area (Å²) < 4.78 is 5.00. The second kappa shape index (κ2) is 8.39. The van der Waals surface area contributed by atoms with Crippen LogP contribution in [-0.4, -0.2) is 62.3 Å². The summed E-state index contributed by atoms with van der Waals surface area (Å²) in [5, 5.41) is 4.27. The molecule has 1 aliphatic rings. The number of ether oxygens (including phenoxy) is 1. The molecule has 1 unspecified atom stereocenters. The van der Waals surface area contributed by atoms with Crippen LogP contribution in [0.25, 0.3) is 0 Å². The van der Waals surface area contributed by atoms with Gasteiger partial charge in [-0.3, -0.25) is 0 Å². The van der Waals surface area contributed by atoms with Crippen molar-refractivity contribution >= 4 is 11.8 Å². The van der Waals surface area contributed by atoms with E-state index >= 15 is 0 Å². The topological polar surface area (TPSA) is 24.5 Å². The Morgan fingerprint density at radius 3 is 3.07 bits per heavy atom. The van der Waals surface area contributed by atoms with Crippen molar-refractivity contribution in [3.8, 4) is 0 Å². The Hall–Kier alpha value is 0.230. The van der Waals surface area contributed by atoms with Crippen LogP contribution in [0.1, 0.15) is 13.3 Å². The predicted octanol–water partition coefficient (Wildman–Crippen LogP) is 1.05. The highest BCUT2D eigenvalue weighted by molar-refractivity contribution is 7.99. The standard InChI is InChI=1S/C11H24N2OS/c1-11-10-13(7-9-15-11)6-5-12-4-3-8-14-2/h11-12H,3-10H2,1-2H3. The van der Waals surface area contributed by atoms with Crippen molar-refractivity contribution in [3.05, 3.63) is 0 Å². The number of rotatable bonds is 7. The van der Waals surface area contributed by atoms with E-state index in [0.29, 0.717) is 0 Å². The van der Waals surface area contributed by atoms with E-state index in [1.807, 2.05) is 0 Å². The molecule has 90 valence electrons. The van der Waals surface area contributed by atoms with E-state index in [0.717, 1.165) is 31.4 Å². The van der Waals surface area contributed by atoms with Gasteiger partial charge >= 0.3 is 0 Å². The third-order valence-corrected chi connectivity index (χ3v) is 3.77. The van der Waals surface area contributed by atoms with Gasteiger partial charge in [0.25, 0.3) is 0 Å². The Labute approximate surface area is 97.9 Å². The lowest BCUT2D eigenvalue weighted by Gasteiger charge is -2.30. The molecule has 1 saturated heterocycles. The monoisotopic (exact) mass is 232 g/mol. The van der Waals surface area contributed by atoms with E-state index in [2.05, 4.69) is 28.9 Å². The summed E-state index contributed by atoms with van der Waals surface area (Å²) in [5.41, 5.74) is 0. The molecular formula is C11H24N2OS. The average Bonchev–Trinajstić information content (AvgIpc) is 2.23. The summed E-state index contributed by atoms with van der Waals surface area (Å²) >= 11 is 2.09. The predicted molar refractivity (Wildman–Crippen MR) is 67.7 cm³/mol. The van der Waals surface area contributed by atoms with Crippen LogP contribution in [0.2, 0.25) is 0 Å². The number of nitrogens with one attached hydrogen (secondary N) is 1. The van der Waals surface area contributed by atoms with Gasteiger partial charge in [-0.25, -0.2) is 0 Å². The molecule has 0 amide bonds. The Kier molecular flexibility index (Phi) is 7.44. The first-order valence-corrected chi connectivity index (χ1v) is 6.91. The van der Waals surface area contributed by atoms with Gasteiger partial charge in [0.1, 0.15) is 0 Å². The van der Waals surface area contributed by atoms with Crippen LogP contribution in [0.3, 0.4) is 0 Å². The lowest BCUT2D eigenvalue weighted by molar-refractivity contribution is 0.193. The maximum atomic E-state index is 5.00. The molecule has 0 aromatic heterocycles. The van der Waals surface area contributed by atoms with Crippen LogP contribution < -0.4 is 5.32 Å². The normalized spacial score (nSPS) is 23.2. The molecule has 1 aliphatic heterocycles. The lowest BCUT2D eigenvalue weighted by atomic mass is 10.3. The van der Waals surface area contributed by atoms with Crippen molar-refractivity contribution < 1.29 is 4.74 Å². The van der Waals surface area contributed by atoms with Crippen LogP contribution in [0.5, 0.6) is 0 Å². The fourth-order valence-electron chi connectivity index (χ4n) is 1.80. The summed E-state index contributed by atoms with van der Waals surface area (Å²) in [5.74, 6) is 1.30. The van der Waals surface area contributed by atoms with Crippen molar-refractivity contribution in [2.45, 2.75) is 18.6 Å². The summed E-state index contributed by atoms with van der Waals surface area (Å²) in [6, 6.07) is 0. The third-order valence-electron chi connectivity index (χ3n) is 2.63. The summed E-state index contributed by atoms with van der Waals surface area (Å²) in [7, 11) is 1.76. The highest BCUT2D eigenvalue weighted by Gasteiger charge is 2.15. The SMILES string of the molecule is COCCCNCCN1CCSC(C)C1. The van der Waals surface area contributed by atoms with Gasteiger partial charge in [-0.05, 0) is 13.0 Å². The molecule has 15 heavy (non-hydrogen) atoms. The number of methoxy groups -OCH3 is 1. The number of nitrogens with zero attached hydrogens (tertiary/aromatic N) is 1. The summed E-state index contributed by atoms with van der Waals surface area (Å²) in [6.07, 6.45) is 1.11. The van der Waals surface area contributed by atoms with Gasteiger partial charge in [0, 0.05) is 50.9 Å². The number of thioether (sulfide) groups is 1. The van der Waals surface area contributed by atoms with Crippen molar-refractivity contribution in [2.24, 2.45) is 0 Å². The summed E-state index contributed by atoms with van der Waals surface area (Å²) in [4.78, 5) is 2.56. The van der Waals surface area contributed by atoms with Crippen molar-refractivity contribution in [1.82, 2.24) is 10.2 Å². The molecule has 0 aliphatic carbocycles. The van der Waals surface area contributed by atoms with E-state index in [9.17, 15) is 0 Å². The van der Waals surface area contributed by atoms with Crippen molar-refractivity contribution in [3.63, 3.8) is 0 Å². The molecular weight excluding hydrogens is 208 g/mol. The van der Waals surface area contributed by atoms with Gasteiger partial charge in [0.15, 0.2) is 0 Å². The second-order valence-corrected chi connectivity index (χ2v) is 5.62. The second-order valence-electron chi connectivity index (χ2n) is 4.08. The molecule has 4 heteroatoms. The Morgan fingerprint density at radius 1 is 1.47 bits per heavy atom. The van der Waals surface area contributed by atoms with Crippen LogP contribution in [-0.2, 0) is 4.74 Å². The highest BCUT2D eigenvalue weighted by Crippen LogP contribution is 2.16.